The molecule has 0 saturated carbocycles. The standard InChI is InChI=1S/C22H34N2O2/c1-17-8-6-14-24(16-17)15-7-13-23-22(25)18(2)26-21-12-5-10-19-9-3-4-11-20(19)21/h5,10,12,17-18H,3-4,6-9,11,13-16H2,1-2H3,(H,23,25)/t17-,18-/m0/s1. The lowest BCUT2D eigenvalue weighted by atomic mass is 9.91. The number of fused-ring (bicyclic) bond motifs is 1. The fraction of sp³-hybridized carbons (Fsp3) is 0.682. The Morgan fingerprint density at radius 3 is 3.00 bits per heavy atom. The van der Waals surface area contributed by atoms with Crippen LogP contribution in [0.5, 0.6) is 5.75 Å². The van der Waals surface area contributed by atoms with Gasteiger partial charge in [0.25, 0.3) is 5.91 Å². The third kappa shape index (κ3) is 5.23. The van der Waals surface area contributed by atoms with Crippen LogP contribution in [-0.2, 0) is 17.6 Å². The molecule has 3 rings (SSSR count). The summed E-state index contributed by atoms with van der Waals surface area (Å²) in [5.41, 5.74) is 2.69. The minimum atomic E-state index is -0.446. The zero-order valence-corrected chi connectivity index (χ0v) is 16.4. The van der Waals surface area contributed by atoms with Gasteiger partial charge < -0.3 is 15.0 Å². The van der Waals surface area contributed by atoms with E-state index in [-0.39, 0.29) is 5.91 Å². The topological polar surface area (TPSA) is 41.6 Å². The van der Waals surface area contributed by atoms with Crippen LogP contribution in [0.25, 0.3) is 0 Å². The smallest absolute Gasteiger partial charge is 0.260 e. The molecule has 0 unspecified atom stereocenters. The summed E-state index contributed by atoms with van der Waals surface area (Å²) in [6.45, 7) is 8.39. The number of ether oxygens (including phenoxy) is 1. The summed E-state index contributed by atoms with van der Waals surface area (Å²) < 4.78 is 6.01. The van der Waals surface area contributed by atoms with Gasteiger partial charge in [0.05, 0.1) is 0 Å². The van der Waals surface area contributed by atoms with Crippen molar-refractivity contribution in [3.63, 3.8) is 0 Å². The molecule has 1 heterocycles. The highest BCUT2D eigenvalue weighted by molar-refractivity contribution is 5.80. The SMILES string of the molecule is C[C@H]1CCCN(CCCNC(=O)[C@H](C)Oc2cccc3c2CCCC3)C1. The number of amides is 1. The minimum absolute atomic E-state index is 0.00887. The van der Waals surface area contributed by atoms with E-state index in [1.807, 2.05) is 19.1 Å². The molecule has 144 valence electrons. The van der Waals surface area contributed by atoms with Crippen LogP contribution < -0.4 is 10.1 Å². The fourth-order valence-electron chi connectivity index (χ4n) is 4.25. The molecule has 2 aliphatic rings. The first-order valence-electron chi connectivity index (χ1n) is 10.4. The number of hydrogen-bond acceptors (Lipinski definition) is 3. The van der Waals surface area contributed by atoms with Crippen LogP contribution in [0.4, 0.5) is 0 Å². The van der Waals surface area contributed by atoms with Crippen molar-refractivity contribution >= 4 is 5.91 Å². The van der Waals surface area contributed by atoms with Crippen molar-refractivity contribution in [1.82, 2.24) is 10.2 Å². The van der Waals surface area contributed by atoms with Crippen molar-refractivity contribution < 1.29 is 9.53 Å². The maximum atomic E-state index is 12.4. The summed E-state index contributed by atoms with van der Waals surface area (Å²) in [4.78, 5) is 14.9. The van der Waals surface area contributed by atoms with Crippen molar-refractivity contribution in [2.75, 3.05) is 26.2 Å². The van der Waals surface area contributed by atoms with Gasteiger partial charge in [-0.3, -0.25) is 4.79 Å². The number of likely N-dealkylation sites (tertiary alicyclic amines) is 1. The quantitative estimate of drug-likeness (QED) is 0.758. The fourth-order valence-corrected chi connectivity index (χ4v) is 4.25. The van der Waals surface area contributed by atoms with E-state index in [1.165, 1.54) is 49.9 Å². The Bertz CT molecular complexity index is 602. The summed E-state index contributed by atoms with van der Waals surface area (Å²) in [7, 11) is 0. The normalized spacial score (nSPS) is 21.7. The van der Waals surface area contributed by atoms with Crippen LogP contribution >= 0.6 is 0 Å². The molecule has 0 aromatic heterocycles. The number of aryl methyl sites for hydroxylation is 1. The first-order chi connectivity index (χ1) is 12.6. The summed E-state index contributed by atoms with van der Waals surface area (Å²) in [6.07, 6.45) is 7.87. The molecule has 0 spiro atoms. The number of carbonyl (C=O) groups is 1. The van der Waals surface area contributed by atoms with Crippen LogP contribution in [0, 0.1) is 5.92 Å². The first kappa shape index (κ1) is 19.2. The van der Waals surface area contributed by atoms with Gasteiger partial charge in [-0.05, 0) is 88.1 Å². The van der Waals surface area contributed by atoms with E-state index in [0.29, 0.717) is 0 Å². The Hall–Kier alpha value is -1.55. The number of hydrogen-bond donors (Lipinski definition) is 1. The van der Waals surface area contributed by atoms with Gasteiger partial charge in [-0.25, -0.2) is 0 Å². The van der Waals surface area contributed by atoms with E-state index in [4.69, 9.17) is 4.74 Å². The molecule has 1 N–H and O–H groups in total. The lowest BCUT2D eigenvalue weighted by Crippen LogP contribution is -2.39. The Labute approximate surface area is 158 Å². The van der Waals surface area contributed by atoms with E-state index in [9.17, 15) is 4.79 Å². The molecular weight excluding hydrogens is 324 g/mol. The number of nitrogens with zero attached hydrogens (tertiary/aromatic N) is 1. The van der Waals surface area contributed by atoms with Gasteiger partial charge in [0.1, 0.15) is 5.75 Å². The first-order valence-corrected chi connectivity index (χ1v) is 10.4. The predicted molar refractivity (Wildman–Crippen MR) is 106 cm³/mol. The van der Waals surface area contributed by atoms with Gasteiger partial charge in [-0.2, -0.15) is 0 Å². The molecule has 1 fully saturated rings. The maximum Gasteiger partial charge on any atom is 0.260 e. The van der Waals surface area contributed by atoms with Crippen LogP contribution in [0.15, 0.2) is 18.2 Å². The van der Waals surface area contributed by atoms with Crippen LogP contribution in [0.2, 0.25) is 0 Å². The van der Waals surface area contributed by atoms with Crippen molar-refractivity contribution in [2.45, 2.75) is 64.9 Å². The number of piperidine rings is 1. The van der Waals surface area contributed by atoms with Gasteiger partial charge in [0.2, 0.25) is 0 Å². The number of benzene rings is 1. The third-order valence-corrected chi connectivity index (χ3v) is 5.72. The Morgan fingerprint density at radius 2 is 2.15 bits per heavy atom. The highest BCUT2D eigenvalue weighted by Crippen LogP contribution is 2.30. The van der Waals surface area contributed by atoms with E-state index in [0.717, 1.165) is 44.0 Å². The Kier molecular flexibility index (Phi) is 6.95. The van der Waals surface area contributed by atoms with Crippen LogP contribution in [0.3, 0.4) is 0 Å². The average molecular weight is 359 g/mol. The molecule has 1 aromatic carbocycles. The second kappa shape index (κ2) is 9.40. The molecule has 1 saturated heterocycles. The molecule has 1 aliphatic heterocycles. The summed E-state index contributed by atoms with van der Waals surface area (Å²) in [5.74, 6) is 1.70. The maximum absolute atomic E-state index is 12.4. The Morgan fingerprint density at radius 1 is 1.31 bits per heavy atom. The van der Waals surface area contributed by atoms with Gasteiger partial charge in [0, 0.05) is 13.1 Å². The number of carbonyl (C=O) groups excluding carboxylic acids is 1. The van der Waals surface area contributed by atoms with Gasteiger partial charge >= 0.3 is 0 Å². The van der Waals surface area contributed by atoms with Gasteiger partial charge in [-0.15, -0.1) is 0 Å². The molecule has 0 radical (unpaired) electrons. The zero-order chi connectivity index (χ0) is 18.4. The molecule has 1 amide bonds. The number of rotatable bonds is 7. The van der Waals surface area contributed by atoms with E-state index >= 15 is 0 Å². The second-order valence-electron chi connectivity index (χ2n) is 8.05. The summed E-state index contributed by atoms with van der Waals surface area (Å²) in [6, 6.07) is 6.24. The molecule has 1 aliphatic carbocycles. The molecule has 26 heavy (non-hydrogen) atoms. The van der Waals surface area contributed by atoms with Crippen molar-refractivity contribution in [3.05, 3.63) is 29.3 Å². The highest BCUT2D eigenvalue weighted by Gasteiger charge is 2.19. The monoisotopic (exact) mass is 358 g/mol. The highest BCUT2D eigenvalue weighted by atomic mass is 16.5. The van der Waals surface area contributed by atoms with Crippen molar-refractivity contribution in [2.24, 2.45) is 5.92 Å². The second-order valence-corrected chi connectivity index (χ2v) is 8.05. The van der Waals surface area contributed by atoms with Crippen LogP contribution in [0.1, 0.15) is 57.1 Å². The molecule has 0 bridgehead atoms. The van der Waals surface area contributed by atoms with Crippen molar-refractivity contribution in [3.8, 4) is 5.75 Å². The van der Waals surface area contributed by atoms with E-state index in [2.05, 4.69) is 23.2 Å². The van der Waals surface area contributed by atoms with E-state index in [1.54, 1.807) is 0 Å². The molecule has 2 atom stereocenters. The third-order valence-electron chi connectivity index (χ3n) is 5.72. The summed E-state index contributed by atoms with van der Waals surface area (Å²) >= 11 is 0. The van der Waals surface area contributed by atoms with Gasteiger partial charge in [-0.1, -0.05) is 19.1 Å². The molecule has 1 aromatic rings. The molecule has 4 heteroatoms. The van der Waals surface area contributed by atoms with Crippen molar-refractivity contribution in [1.29, 1.82) is 0 Å². The van der Waals surface area contributed by atoms with Crippen LogP contribution in [-0.4, -0.2) is 43.1 Å². The summed E-state index contributed by atoms with van der Waals surface area (Å²) in [5, 5.41) is 3.04. The average Bonchev–Trinajstić information content (AvgIpc) is 2.65. The van der Waals surface area contributed by atoms with Gasteiger partial charge in [0.15, 0.2) is 6.10 Å². The lowest BCUT2D eigenvalue weighted by Gasteiger charge is -2.30. The molecular formula is C22H34N2O2. The predicted octanol–water partition coefficient (Wildman–Crippen LogP) is 3.57. The number of nitrogens with one attached hydrogen (secondary N) is 1. The Balaban J connectivity index is 1.41. The van der Waals surface area contributed by atoms with E-state index < -0.39 is 6.10 Å². The minimum Gasteiger partial charge on any atom is -0.481 e. The lowest BCUT2D eigenvalue weighted by molar-refractivity contribution is -0.127. The largest absolute Gasteiger partial charge is 0.481 e. The zero-order valence-electron chi connectivity index (χ0n) is 16.4. The molecule has 4 nitrogen and oxygen atoms in total.